The van der Waals surface area contributed by atoms with Crippen LogP contribution in [0.15, 0.2) is 60.7 Å². The maximum Gasteiger partial charge on any atom is 0.343 e. The quantitative estimate of drug-likeness (QED) is 0.492. The lowest BCUT2D eigenvalue weighted by molar-refractivity contribution is -0.176. The molecule has 0 aromatic heterocycles. The average Bonchev–Trinajstić information content (AvgIpc) is 2.90. The van der Waals surface area contributed by atoms with Gasteiger partial charge in [-0.3, -0.25) is 0 Å². The highest BCUT2D eigenvalue weighted by Crippen LogP contribution is 2.40. The van der Waals surface area contributed by atoms with Crippen molar-refractivity contribution in [1.82, 2.24) is 5.32 Å². The van der Waals surface area contributed by atoms with Gasteiger partial charge in [-0.15, -0.1) is 0 Å². The number of piperidine rings is 1. The number of esters is 1. The van der Waals surface area contributed by atoms with E-state index in [2.05, 4.69) is 29.6 Å². The molecule has 2 N–H and O–H groups in total. The number of hydrogen-bond donors (Lipinski definition) is 2. The summed E-state index contributed by atoms with van der Waals surface area (Å²) >= 11 is 0. The van der Waals surface area contributed by atoms with Gasteiger partial charge >= 0.3 is 5.97 Å². The smallest absolute Gasteiger partial charge is 0.343 e. The third kappa shape index (κ3) is 6.04. The van der Waals surface area contributed by atoms with Crippen LogP contribution in [-0.2, 0) is 15.1 Å². The highest BCUT2D eigenvalue weighted by molar-refractivity contribution is 5.81. The fourth-order valence-corrected chi connectivity index (χ4v) is 5.70. The van der Waals surface area contributed by atoms with Crippen molar-refractivity contribution in [2.24, 2.45) is 11.8 Å². The van der Waals surface area contributed by atoms with Crippen molar-refractivity contribution in [3.63, 3.8) is 0 Å². The first kappa shape index (κ1) is 24.0. The first-order chi connectivity index (χ1) is 16.2. The van der Waals surface area contributed by atoms with Gasteiger partial charge < -0.3 is 15.2 Å². The molecule has 0 radical (unpaired) electrons. The topological polar surface area (TPSA) is 58.6 Å². The molecule has 1 aliphatic heterocycles. The van der Waals surface area contributed by atoms with Crippen molar-refractivity contribution < 1.29 is 14.6 Å². The second-order valence-electron chi connectivity index (χ2n) is 9.94. The van der Waals surface area contributed by atoms with E-state index < -0.39 is 11.6 Å². The van der Waals surface area contributed by atoms with E-state index in [9.17, 15) is 9.90 Å². The van der Waals surface area contributed by atoms with Crippen molar-refractivity contribution in [2.45, 2.75) is 69.3 Å². The molecule has 1 aliphatic carbocycles. The molecule has 2 aromatic carbocycles. The van der Waals surface area contributed by atoms with E-state index in [0.717, 1.165) is 57.5 Å². The second-order valence-corrected chi connectivity index (χ2v) is 9.94. The molecule has 4 rings (SSSR count). The molecule has 2 unspecified atom stereocenters. The average molecular weight is 450 g/mol. The van der Waals surface area contributed by atoms with Crippen LogP contribution in [0.4, 0.5) is 0 Å². The summed E-state index contributed by atoms with van der Waals surface area (Å²) in [5.74, 6) is 0.308. The van der Waals surface area contributed by atoms with Crippen LogP contribution in [0.5, 0.6) is 0 Å². The van der Waals surface area contributed by atoms with Gasteiger partial charge in [0, 0.05) is 11.8 Å². The first-order valence-corrected chi connectivity index (χ1v) is 12.9. The van der Waals surface area contributed by atoms with Gasteiger partial charge in [-0.1, -0.05) is 79.9 Å². The number of ether oxygens (including phenoxy) is 1. The van der Waals surface area contributed by atoms with Crippen LogP contribution in [0, 0.1) is 11.8 Å². The minimum Gasteiger partial charge on any atom is -0.463 e. The minimum absolute atomic E-state index is 0.0916. The maximum atomic E-state index is 13.5. The Morgan fingerprint density at radius 2 is 1.58 bits per heavy atom. The van der Waals surface area contributed by atoms with Gasteiger partial charge in [0.2, 0.25) is 0 Å². The Balaban J connectivity index is 1.48. The van der Waals surface area contributed by atoms with Gasteiger partial charge in [0.1, 0.15) is 0 Å². The van der Waals surface area contributed by atoms with Crippen LogP contribution < -0.4 is 5.32 Å². The lowest BCUT2D eigenvalue weighted by Crippen LogP contribution is -2.45. The summed E-state index contributed by atoms with van der Waals surface area (Å²) in [5, 5.41) is 15.3. The number of carbonyl (C=O) groups is 1. The van der Waals surface area contributed by atoms with Crippen molar-refractivity contribution >= 4 is 5.97 Å². The SMILES string of the molecule is O=C(OCC(CCC1CCNCC1)c1ccccc1)C(O)(c1ccccc1)C1CCCCC1. The Morgan fingerprint density at radius 3 is 2.24 bits per heavy atom. The molecule has 1 saturated heterocycles. The number of benzene rings is 2. The monoisotopic (exact) mass is 449 g/mol. The van der Waals surface area contributed by atoms with E-state index in [1.165, 1.54) is 24.8 Å². The number of rotatable bonds is 9. The van der Waals surface area contributed by atoms with Crippen LogP contribution in [0.25, 0.3) is 0 Å². The van der Waals surface area contributed by atoms with Gasteiger partial charge in [0.25, 0.3) is 0 Å². The molecule has 2 aliphatic rings. The van der Waals surface area contributed by atoms with Crippen molar-refractivity contribution in [2.75, 3.05) is 19.7 Å². The molecule has 2 fully saturated rings. The van der Waals surface area contributed by atoms with Gasteiger partial charge in [-0.25, -0.2) is 4.79 Å². The van der Waals surface area contributed by atoms with Crippen LogP contribution in [-0.4, -0.2) is 30.8 Å². The Kier molecular flexibility index (Phi) is 8.57. The molecule has 1 saturated carbocycles. The predicted molar refractivity (Wildman–Crippen MR) is 132 cm³/mol. The second kappa shape index (κ2) is 11.8. The van der Waals surface area contributed by atoms with Gasteiger partial charge in [-0.05, 0) is 68.7 Å². The molecule has 2 aromatic rings. The number of nitrogens with one attached hydrogen (secondary N) is 1. The van der Waals surface area contributed by atoms with E-state index in [1.807, 2.05) is 36.4 Å². The lowest BCUT2D eigenvalue weighted by atomic mass is 9.73. The third-order valence-corrected chi connectivity index (χ3v) is 7.79. The Bertz CT molecular complexity index is 844. The highest BCUT2D eigenvalue weighted by Gasteiger charge is 2.47. The van der Waals surface area contributed by atoms with Crippen LogP contribution in [0.3, 0.4) is 0 Å². The zero-order valence-electron chi connectivity index (χ0n) is 19.8. The van der Waals surface area contributed by atoms with E-state index in [4.69, 9.17) is 4.74 Å². The van der Waals surface area contributed by atoms with Crippen molar-refractivity contribution in [1.29, 1.82) is 0 Å². The van der Waals surface area contributed by atoms with Crippen molar-refractivity contribution in [3.8, 4) is 0 Å². The predicted octanol–water partition coefficient (Wildman–Crippen LogP) is 5.56. The summed E-state index contributed by atoms with van der Waals surface area (Å²) in [6.07, 6.45) is 9.57. The molecule has 2 atom stereocenters. The van der Waals surface area contributed by atoms with Crippen LogP contribution in [0.1, 0.15) is 74.8 Å². The van der Waals surface area contributed by atoms with Gasteiger partial charge in [0.05, 0.1) is 6.61 Å². The van der Waals surface area contributed by atoms with E-state index in [-0.39, 0.29) is 11.8 Å². The molecule has 0 amide bonds. The molecular formula is C29H39NO3. The Hall–Kier alpha value is -2.17. The van der Waals surface area contributed by atoms with Crippen molar-refractivity contribution in [3.05, 3.63) is 71.8 Å². The van der Waals surface area contributed by atoms with E-state index >= 15 is 0 Å². The minimum atomic E-state index is -1.57. The molecule has 178 valence electrons. The summed E-state index contributed by atoms with van der Waals surface area (Å²) in [7, 11) is 0. The fourth-order valence-electron chi connectivity index (χ4n) is 5.70. The summed E-state index contributed by atoms with van der Waals surface area (Å²) in [6, 6.07) is 19.8. The zero-order valence-corrected chi connectivity index (χ0v) is 19.8. The van der Waals surface area contributed by atoms with Gasteiger partial charge in [-0.2, -0.15) is 0 Å². The molecule has 4 nitrogen and oxygen atoms in total. The summed E-state index contributed by atoms with van der Waals surface area (Å²) in [6.45, 7) is 2.51. The molecular weight excluding hydrogens is 410 g/mol. The summed E-state index contributed by atoms with van der Waals surface area (Å²) in [4.78, 5) is 13.5. The number of aliphatic hydroxyl groups is 1. The Labute approximate surface area is 198 Å². The summed E-state index contributed by atoms with van der Waals surface area (Å²) < 4.78 is 5.97. The van der Waals surface area contributed by atoms with E-state index in [1.54, 1.807) is 0 Å². The molecule has 0 bridgehead atoms. The third-order valence-electron chi connectivity index (χ3n) is 7.79. The normalized spacial score (nSPS) is 20.6. The standard InChI is InChI=1S/C29H39NO3/c31-28(29(32,26-12-6-2-7-13-26)27-14-8-3-9-15-27)33-22-25(24-10-4-1-5-11-24)17-16-23-18-20-30-21-19-23/h1-2,4-7,10-13,23,25,27,30,32H,3,8-9,14-22H2. The molecule has 4 heteroatoms. The fraction of sp³-hybridized carbons (Fsp3) is 0.552. The number of carbonyl (C=O) groups excluding carboxylic acids is 1. The highest BCUT2D eigenvalue weighted by atomic mass is 16.5. The maximum absolute atomic E-state index is 13.5. The zero-order chi connectivity index (χ0) is 22.9. The number of hydrogen-bond acceptors (Lipinski definition) is 4. The van der Waals surface area contributed by atoms with E-state index in [0.29, 0.717) is 12.2 Å². The van der Waals surface area contributed by atoms with Crippen LogP contribution in [0.2, 0.25) is 0 Å². The first-order valence-electron chi connectivity index (χ1n) is 12.9. The Morgan fingerprint density at radius 1 is 0.939 bits per heavy atom. The molecule has 1 heterocycles. The largest absolute Gasteiger partial charge is 0.463 e. The lowest BCUT2D eigenvalue weighted by Gasteiger charge is -2.37. The van der Waals surface area contributed by atoms with Gasteiger partial charge in [0.15, 0.2) is 5.60 Å². The molecule has 33 heavy (non-hydrogen) atoms. The van der Waals surface area contributed by atoms with Crippen LogP contribution >= 0.6 is 0 Å². The summed E-state index contributed by atoms with van der Waals surface area (Å²) in [5.41, 5.74) is 0.297. The molecule has 0 spiro atoms.